The van der Waals surface area contributed by atoms with Crippen LogP contribution in [0.5, 0.6) is 5.75 Å². The first kappa shape index (κ1) is 10.8. The molecule has 0 amide bonds. The van der Waals surface area contributed by atoms with Crippen molar-refractivity contribution in [2.75, 3.05) is 0 Å². The smallest absolute Gasteiger partial charge is 0.133 e. The van der Waals surface area contributed by atoms with Gasteiger partial charge in [0, 0.05) is 12.8 Å². The minimum absolute atomic E-state index is 0.373. The van der Waals surface area contributed by atoms with Crippen LogP contribution in [-0.4, -0.2) is 10.9 Å². The van der Waals surface area contributed by atoms with Gasteiger partial charge in [-0.15, -0.1) is 0 Å². The van der Waals surface area contributed by atoms with Crippen molar-refractivity contribution in [1.82, 2.24) is 0 Å². The molecule has 90 valence electrons. The summed E-state index contributed by atoms with van der Waals surface area (Å²) >= 11 is 0. The van der Waals surface area contributed by atoms with Crippen LogP contribution >= 0.6 is 0 Å². The largest absolute Gasteiger partial charge is 0.508 e. The summed E-state index contributed by atoms with van der Waals surface area (Å²) in [5, 5.41) is 9.46. The molecule has 3 rings (SSSR count). The molecular weight excluding hydrogens is 212 g/mol. The number of aromatic hydroxyl groups is 1. The van der Waals surface area contributed by atoms with E-state index in [2.05, 4.69) is 0 Å². The second-order valence-corrected chi connectivity index (χ2v) is 5.50. The number of ketones is 1. The molecule has 0 aliphatic heterocycles. The highest BCUT2D eigenvalue weighted by atomic mass is 16.3. The molecular formula is C15H18O2. The summed E-state index contributed by atoms with van der Waals surface area (Å²) in [6, 6.07) is 5.72. The van der Waals surface area contributed by atoms with Crippen LogP contribution < -0.4 is 0 Å². The molecule has 1 aromatic carbocycles. The van der Waals surface area contributed by atoms with Crippen molar-refractivity contribution in [3.63, 3.8) is 0 Å². The zero-order chi connectivity index (χ0) is 11.8. The Morgan fingerprint density at radius 1 is 1.00 bits per heavy atom. The molecule has 2 aliphatic rings. The van der Waals surface area contributed by atoms with Gasteiger partial charge in [-0.2, -0.15) is 0 Å². The maximum absolute atomic E-state index is 11.4. The van der Waals surface area contributed by atoms with Crippen molar-refractivity contribution in [2.24, 2.45) is 11.8 Å². The number of phenols is 1. The Morgan fingerprint density at radius 3 is 2.53 bits per heavy atom. The van der Waals surface area contributed by atoms with Crippen molar-refractivity contribution in [3.8, 4) is 5.75 Å². The number of aryl methyl sites for hydroxylation is 1. The molecule has 1 saturated carbocycles. The van der Waals surface area contributed by atoms with E-state index in [0.29, 0.717) is 23.4 Å². The molecule has 0 aromatic heterocycles. The highest BCUT2D eigenvalue weighted by Crippen LogP contribution is 2.38. The molecule has 2 atom stereocenters. The Bertz CT molecular complexity index is 450. The lowest BCUT2D eigenvalue weighted by atomic mass is 9.76. The molecule has 0 unspecified atom stereocenters. The van der Waals surface area contributed by atoms with Crippen LogP contribution in [0.4, 0.5) is 0 Å². The van der Waals surface area contributed by atoms with Gasteiger partial charge in [0.2, 0.25) is 0 Å². The quantitative estimate of drug-likeness (QED) is 0.805. The van der Waals surface area contributed by atoms with Gasteiger partial charge in [0.25, 0.3) is 0 Å². The van der Waals surface area contributed by atoms with Crippen molar-refractivity contribution in [1.29, 1.82) is 0 Å². The zero-order valence-electron chi connectivity index (χ0n) is 9.98. The van der Waals surface area contributed by atoms with Gasteiger partial charge in [0.15, 0.2) is 0 Å². The number of Topliss-reactive ketones (excluding diaryl/α,β-unsaturated/α-hetero) is 1. The Morgan fingerprint density at radius 2 is 1.76 bits per heavy atom. The molecule has 2 aliphatic carbocycles. The third-order valence-corrected chi connectivity index (χ3v) is 4.41. The minimum atomic E-state index is 0.373. The fourth-order valence-electron chi connectivity index (χ4n) is 3.42. The minimum Gasteiger partial charge on any atom is -0.508 e. The first-order chi connectivity index (χ1) is 8.22. The van der Waals surface area contributed by atoms with Gasteiger partial charge >= 0.3 is 0 Å². The van der Waals surface area contributed by atoms with Gasteiger partial charge in [-0.1, -0.05) is 6.07 Å². The van der Waals surface area contributed by atoms with E-state index in [9.17, 15) is 9.90 Å². The average Bonchev–Trinajstić information content (AvgIpc) is 2.75. The second kappa shape index (κ2) is 4.17. The number of benzene rings is 1. The van der Waals surface area contributed by atoms with E-state index in [1.807, 2.05) is 12.1 Å². The van der Waals surface area contributed by atoms with Crippen LogP contribution in [-0.2, 0) is 17.6 Å². The van der Waals surface area contributed by atoms with E-state index in [1.54, 1.807) is 6.07 Å². The van der Waals surface area contributed by atoms with Crippen LogP contribution in [0.3, 0.4) is 0 Å². The lowest BCUT2D eigenvalue weighted by Crippen LogP contribution is -2.21. The van der Waals surface area contributed by atoms with Crippen molar-refractivity contribution < 1.29 is 9.90 Å². The van der Waals surface area contributed by atoms with E-state index < -0.39 is 0 Å². The molecule has 0 bridgehead atoms. The highest BCUT2D eigenvalue weighted by molar-refractivity contribution is 5.80. The fourth-order valence-corrected chi connectivity index (χ4v) is 3.42. The number of hydrogen-bond donors (Lipinski definition) is 1. The molecule has 1 N–H and O–H groups in total. The van der Waals surface area contributed by atoms with Crippen LogP contribution in [0.15, 0.2) is 18.2 Å². The Hall–Kier alpha value is -1.31. The number of phenolic OH excluding ortho intramolecular Hbond substituents is 1. The lowest BCUT2D eigenvalue weighted by molar-refractivity contribution is -0.117. The molecule has 1 aromatic rings. The van der Waals surface area contributed by atoms with Crippen LogP contribution in [0.1, 0.15) is 36.8 Å². The summed E-state index contributed by atoms with van der Waals surface area (Å²) in [6.07, 6.45) is 6.01. The molecule has 0 radical (unpaired) electrons. The number of rotatable bonds is 1. The summed E-state index contributed by atoms with van der Waals surface area (Å²) in [5.41, 5.74) is 2.67. The van der Waals surface area contributed by atoms with E-state index >= 15 is 0 Å². The number of hydrogen-bond acceptors (Lipinski definition) is 2. The molecule has 0 saturated heterocycles. The summed E-state index contributed by atoms with van der Waals surface area (Å²) in [6.45, 7) is 0. The maximum Gasteiger partial charge on any atom is 0.133 e. The summed E-state index contributed by atoms with van der Waals surface area (Å²) in [4.78, 5) is 11.4. The van der Waals surface area contributed by atoms with Crippen molar-refractivity contribution in [2.45, 2.75) is 38.5 Å². The van der Waals surface area contributed by atoms with E-state index in [4.69, 9.17) is 0 Å². The third kappa shape index (κ3) is 2.08. The van der Waals surface area contributed by atoms with Gasteiger partial charge < -0.3 is 5.11 Å². The molecule has 2 heteroatoms. The highest BCUT2D eigenvalue weighted by Gasteiger charge is 2.31. The van der Waals surface area contributed by atoms with Gasteiger partial charge in [-0.05, 0) is 60.8 Å². The fraction of sp³-hybridized carbons (Fsp3) is 0.533. The first-order valence-electron chi connectivity index (χ1n) is 6.55. The van der Waals surface area contributed by atoms with Crippen LogP contribution in [0, 0.1) is 11.8 Å². The molecule has 0 spiro atoms. The van der Waals surface area contributed by atoms with E-state index in [-0.39, 0.29) is 0 Å². The van der Waals surface area contributed by atoms with E-state index in [0.717, 1.165) is 32.1 Å². The molecule has 0 heterocycles. The SMILES string of the molecule is O=C1CC[C@@H]([C@@H]2CCc3cc(O)ccc3C2)C1. The molecule has 2 nitrogen and oxygen atoms in total. The average molecular weight is 230 g/mol. The van der Waals surface area contributed by atoms with Crippen molar-refractivity contribution >= 4 is 5.78 Å². The summed E-state index contributed by atoms with van der Waals surface area (Å²) < 4.78 is 0. The second-order valence-electron chi connectivity index (χ2n) is 5.50. The third-order valence-electron chi connectivity index (χ3n) is 4.41. The number of fused-ring (bicyclic) bond motifs is 1. The van der Waals surface area contributed by atoms with E-state index in [1.165, 1.54) is 17.5 Å². The molecule has 1 fully saturated rings. The Labute approximate surface area is 102 Å². The van der Waals surface area contributed by atoms with Gasteiger partial charge in [-0.25, -0.2) is 0 Å². The normalized spacial score (nSPS) is 28.1. The van der Waals surface area contributed by atoms with Crippen LogP contribution in [0.25, 0.3) is 0 Å². The van der Waals surface area contributed by atoms with Crippen molar-refractivity contribution in [3.05, 3.63) is 29.3 Å². The monoisotopic (exact) mass is 230 g/mol. The zero-order valence-corrected chi connectivity index (χ0v) is 9.98. The Balaban J connectivity index is 1.76. The predicted octanol–water partition coefficient (Wildman–Crippen LogP) is 2.87. The summed E-state index contributed by atoms with van der Waals surface area (Å²) in [7, 11) is 0. The topological polar surface area (TPSA) is 37.3 Å². The van der Waals surface area contributed by atoms with Gasteiger partial charge in [0.1, 0.15) is 11.5 Å². The standard InChI is InChI=1S/C15H18O2/c16-14-5-3-11-7-10(1-2-12(11)8-14)13-4-6-15(17)9-13/h3,5,8,10,13,16H,1-2,4,6-7,9H2/t10-,13-/m1/s1. The van der Waals surface area contributed by atoms with Gasteiger partial charge in [-0.3, -0.25) is 4.79 Å². The predicted molar refractivity (Wildman–Crippen MR) is 66.0 cm³/mol. The first-order valence-corrected chi connectivity index (χ1v) is 6.55. The number of carbonyl (C=O) groups excluding carboxylic acids is 1. The Kier molecular flexibility index (Phi) is 2.65. The number of carbonyl (C=O) groups is 1. The lowest BCUT2D eigenvalue weighted by Gasteiger charge is -2.28. The molecule has 17 heavy (non-hydrogen) atoms. The summed E-state index contributed by atoms with van der Waals surface area (Å²) in [5.74, 6) is 2.12. The van der Waals surface area contributed by atoms with Gasteiger partial charge in [0.05, 0.1) is 0 Å². The van der Waals surface area contributed by atoms with Crippen LogP contribution in [0.2, 0.25) is 0 Å². The maximum atomic E-state index is 11.4.